The van der Waals surface area contributed by atoms with Gasteiger partial charge in [-0.3, -0.25) is 9.79 Å². The molecule has 0 aliphatic carbocycles. The number of methoxy groups -OCH3 is 1. The second-order valence-electron chi connectivity index (χ2n) is 3.83. The Hall–Kier alpha value is -3.23. The summed E-state index contributed by atoms with van der Waals surface area (Å²) in [5.74, 6) is -2.08. The van der Waals surface area contributed by atoms with Crippen LogP contribution in [0, 0.1) is 0 Å². The fraction of sp³-hybridized carbons (Fsp3) is 0.0833. The number of ether oxygens (including phenoxy) is 1. The highest BCUT2D eigenvalue weighted by molar-refractivity contribution is 6.42. The second-order valence-corrected chi connectivity index (χ2v) is 3.83. The SMILES string of the molecule is COc1cnc(N=C[NH+]=CN)c2[nH]cc(C(=O)C(=O)O)c12. The summed E-state index contributed by atoms with van der Waals surface area (Å²) in [5.41, 5.74) is 5.50. The van der Waals surface area contributed by atoms with Gasteiger partial charge in [-0.2, -0.15) is 0 Å². The molecule has 5 N–H and O–H groups in total. The molecule has 9 heteroatoms. The highest BCUT2D eigenvalue weighted by atomic mass is 16.5. The van der Waals surface area contributed by atoms with E-state index in [1.165, 1.54) is 32.2 Å². The maximum atomic E-state index is 11.7. The first-order chi connectivity index (χ1) is 10.1. The summed E-state index contributed by atoms with van der Waals surface area (Å²) in [6.07, 6.45) is 5.12. The van der Waals surface area contributed by atoms with Crippen molar-refractivity contribution in [3.63, 3.8) is 0 Å². The van der Waals surface area contributed by atoms with Gasteiger partial charge in [0.05, 0.1) is 24.3 Å². The second kappa shape index (κ2) is 5.82. The van der Waals surface area contributed by atoms with Crippen LogP contribution in [-0.4, -0.2) is 46.6 Å². The molecule has 0 amide bonds. The van der Waals surface area contributed by atoms with E-state index in [4.69, 9.17) is 15.6 Å². The minimum atomic E-state index is -1.56. The molecule has 9 nitrogen and oxygen atoms in total. The number of nitrogens with one attached hydrogen (secondary N) is 2. The van der Waals surface area contributed by atoms with Crippen molar-refractivity contribution in [2.75, 3.05) is 7.11 Å². The average Bonchev–Trinajstić information content (AvgIpc) is 2.92. The number of carboxylic acids is 1. The molecule has 0 unspecified atom stereocenters. The minimum absolute atomic E-state index is 0.0217. The molecule has 21 heavy (non-hydrogen) atoms. The smallest absolute Gasteiger partial charge is 0.377 e. The van der Waals surface area contributed by atoms with Gasteiger partial charge in [-0.1, -0.05) is 4.99 Å². The van der Waals surface area contributed by atoms with Gasteiger partial charge >= 0.3 is 5.97 Å². The van der Waals surface area contributed by atoms with Gasteiger partial charge in [-0.25, -0.2) is 9.78 Å². The third kappa shape index (κ3) is 2.56. The molecule has 108 valence electrons. The van der Waals surface area contributed by atoms with E-state index in [1.807, 2.05) is 0 Å². The van der Waals surface area contributed by atoms with Crippen LogP contribution >= 0.6 is 0 Å². The number of Topliss-reactive ketones (excluding diaryl/α,β-unsaturated/α-hetero) is 1. The Morgan fingerprint density at radius 2 is 2.33 bits per heavy atom. The van der Waals surface area contributed by atoms with Crippen molar-refractivity contribution >= 4 is 41.2 Å². The number of carboxylic acid groups (broad SMARTS) is 1. The van der Waals surface area contributed by atoms with Gasteiger partial charge in [0.25, 0.3) is 11.6 Å². The molecule has 0 atom stereocenters. The summed E-state index contributed by atoms with van der Waals surface area (Å²) in [6, 6.07) is 0. The number of H-pyrrole nitrogens is 1. The van der Waals surface area contributed by atoms with Gasteiger partial charge in [0.15, 0.2) is 6.34 Å². The van der Waals surface area contributed by atoms with Crippen molar-refractivity contribution in [1.82, 2.24) is 9.97 Å². The number of aliphatic imine (C=N–C) groups is 1. The Balaban J connectivity index is 2.68. The number of nitrogens with zero attached hydrogens (tertiary/aromatic N) is 2. The van der Waals surface area contributed by atoms with Crippen molar-refractivity contribution in [2.24, 2.45) is 10.7 Å². The molecular formula is C12H12N5O4+. The van der Waals surface area contributed by atoms with Crippen molar-refractivity contribution in [2.45, 2.75) is 0 Å². The quantitative estimate of drug-likeness (QED) is 0.230. The van der Waals surface area contributed by atoms with Crippen LogP contribution in [0.15, 0.2) is 17.4 Å². The Kier molecular flexibility index (Phi) is 3.93. The van der Waals surface area contributed by atoms with Gasteiger partial charge in [0.1, 0.15) is 11.3 Å². The summed E-state index contributed by atoms with van der Waals surface area (Å²) in [7, 11) is 1.40. The maximum absolute atomic E-state index is 11.7. The topological polar surface area (TPSA) is 145 Å². The molecule has 0 saturated heterocycles. The molecular weight excluding hydrogens is 278 g/mol. The molecule has 0 aromatic carbocycles. The molecule has 0 fully saturated rings. The van der Waals surface area contributed by atoms with E-state index in [-0.39, 0.29) is 17.1 Å². The number of aromatic amines is 1. The van der Waals surface area contributed by atoms with Crippen molar-refractivity contribution in [3.05, 3.63) is 18.0 Å². The average molecular weight is 290 g/mol. The number of carbonyl (C=O) groups is 2. The highest BCUT2D eigenvalue weighted by Crippen LogP contribution is 2.33. The Morgan fingerprint density at radius 1 is 1.57 bits per heavy atom. The number of rotatable bonds is 5. The normalized spacial score (nSPS) is 11.5. The lowest BCUT2D eigenvalue weighted by atomic mass is 10.1. The number of aliphatic carboxylic acids is 1. The zero-order chi connectivity index (χ0) is 15.4. The van der Waals surface area contributed by atoms with Crippen LogP contribution < -0.4 is 15.5 Å². The van der Waals surface area contributed by atoms with Crippen LogP contribution in [0.5, 0.6) is 5.75 Å². The summed E-state index contributed by atoms with van der Waals surface area (Å²) >= 11 is 0. The minimum Gasteiger partial charge on any atom is -0.494 e. The van der Waals surface area contributed by atoms with Crippen molar-refractivity contribution < 1.29 is 24.4 Å². The first-order valence-corrected chi connectivity index (χ1v) is 5.73. The predicted octanol–water partition coefficient (Wildman–Crippen LogP) is -1.43. The van der Waals surface area contributed by atoms with Crippen molar-refractivity contribution in [1.29, 1.82) is 0 Å². The van der Waals surface area contributed by atoms with Gasteiger partial charge in [0.2, 0.25) is 6.34 Å². The summed E-state index contributed by atoms with van der Waals surface area (Å²) in [6.45, 7) is 0. The van der Waals surface area contributed by atoms with Crippen LogP contribution in [0.4, 0.5) is 5.82 Å². The number of fused-ring (bicyclic) bond motifs is 1. The Morgan fingerprint density at radius 3 is 2.95 bits per heavy atom. The molecule has 0 aliphatic rings. The van der Waals surface area contributed by atoms with Gasteiger partial charge in [-0.15, -0.1) is 0 Å². The molecule has 2 rings (SSSR count). The first-order valence-electron chi connectivity index (χ1n) is 5.73. The third-order valence-corrected chi connectivity index (χ3v) is 2.67. The fourth-order valence-corrected chi connectivity index (χ4v) is 1.79. The van der Waals surface area contributed by atoms with Crippen LogP contribution in [-0.2, 0) is 4.79 Å². The van der Waals surface area contributed by atoms with E-state index in [0.717, 1.165) is 0 Å². The summed E-state index contributed by atoms with van der Waals surface area (Å²) in [5, 5.41) is 9.15. The lowest BCUT2D eigenvalue weighted by Crippen LogP contribution is -2.68. The third-order valence-electron chi connectivity index (χ3n) is 2.67. The number of pyridine rings is 1. The molecule has 2 aromatic rings. The number of hydrogen-bond donors (Lipinski definition) is 4. The number of aromatic nitrogens is 2. The van der Waals surface area contributed by atoms with Gasteiger partial charge in [-0.05, 0) is 0 Å². The number of nitrogens with two attached hydrogens (primary N) is 1. The van der Waals surface area contributed by atoms with Crippen LogP contribution in [0.3, 0.4) is 0 Å². The predicted molar refractivity (Wildman–Crippen MR) is 74.0 cm³/mol. The van der Waals surface area contributed by atoms with E-state index < -0.39 is 11.8 Å². The monoisotopic (exact) mass is 290 g/mol. The van der Waals surface area contributed by atoms with Gasteiger partial charge in [0, 0.05) is 6.20 Å². The number of hydrogen-bond acceptors (Lipinski definition) is 5. The van der Waals surface area contributed by atoms with Crippen molar-refractivity contribution in [3.8, 4) is 5.75 Å². The largest absolute Gasteiger partial charge is 0.494 e. The van der Waals surface area contributed by atoms with Crippen LogP contribution in [0.1, 0.15) is 10.4 Å². The summed E-state index contributed by atoms with van der Waals surface area (Å²) in [4.78, 5) is 36.0. The number of carbonyl (C=O) groups excluding carboxylic acids is 1. The molecule has 0 spiro atoms. The van der Waals surface area contributed by atoms with E-state index in [0.29, 0.717) is 10.9 Å². The van der Waals surface area contributed by atoms with Crippen LogP contribution in [0.2, 0.25) is 0 Å². The highest BCUT2D eigenvalue weighted by Gasteiger charge is 2.23. The Labute approximate surface area is 118 Å². The first kappa shape index (κ1) is 14.2. The number of ketones is 1. The summed E-state index contributed by atoms with van der Waals surface area (Å²) < 4.78 is 5.12. The molecule has 0 aliphatic heterocycles. The fourth-order valence-electron chi connectivity index (χ4n) is 1.79. The zero-order valence-corrected chi connectivity index (χ0v) is 11.0. The molecule has 0 saturated carbocycles. The van der Waals surface area contributed by atoms with E-state index in [1.54, 1.807) is 0 Å². The molecule has 0 bridgehead atoms. The van der Waals surface area contributed by atoms with E-state index in [9.17, 15) is 9.59 Å². The molecule has 2 heterocycles. The molecule has 0 radical (unpaired) electrons. The Bertz CT molecular complexity index is 762. The maximum Gasteiger partial charge on any atom is 0.377 e. The lowest BCUT2D eigenvalue weighted by molar-refractivity contribution is -0.298. The van der Waals surface area contributed by atoms with E-state index in [2.05, 4.69) is 20.0 Å². The standard InChI is InChI=1S/C12H11N5O4/c1-21-7-3-16-11(17-5-14-4-13)9-8(7)6(2-15-9)10(18)12(19)20/h2-5,15H,1H3,(H,19,20)(H2,13,14,16,17)/p+1. The van der Waals surface area contributed by atoms with Crippen LogP contribution in [0.25, 0.3) is 10.9 Å². The zero-order valence-electron chi connectivity index (χ0n) is 11.0. The lowest BCUT2D eigenvalue weighted by Gasteiger charge is -2.03. The van der Waals surface area contributed by atoms with Gasteiger partial charge < -0.3 is 20.6 Å². The molecule has 2 aromatic heterocycles. The van der Waals surface area contributed by atoms with E-state index >= 15 is 0 Å².